The summed E-state index contributed by atoms with van der Waals surface area (Å²) in [6.45, 7) is 7.71. The molecule has 0 spiro atoms. The molecule has 0 bridgehead atoms. The molecule has 0 saturated carbocycles. The van der Waals surface area contributed by atoms with Gasteiger partial charge in [0.15, 0.2) is 0 Å². The Morgan fingerprint density at radius 3 is 2.23 bits per heavy atom. The molecule has 0 aliphatic rings. The lowest BCUT2D eigenvalue weighted by Crippen LogP contribution is -2.52. The van der Waals surface area contributed by atoms with Gasteiger partial charge in [0.05, 0.1) is 15.6 Å². The number of benzene rings is 3. The van der Waals surface area contributed by atoms with Crippen molar-refractivity contribution >= 4 is 39.1 Å². The Balaban J connectivity index is 2.06. The van der Waals surface area contributed by atoms with Gasteiger partial charge in [-0.25, -0.2) is 8.42 Å². The van der Waals surface area contributed by atoms with E-state index >= 15 is 0 Å². The SMILES string of the molecule is CCCNC(=O)C(CC)N(Cc1cccc(C)c1)C(=O)CN(c1ccccc1Cl)S(=O)(=O)c1ccc(C)cc1. The zero-order valence-electron chi connectivity index (χ0n) is 22.9. The summed E-state index contributed by atoms with van der Waals surface area (Å²) in [5.74, 6) is -0.781. The number of aryl methyl sites for hydroxylation is 2. The van der Waals surface area contributed by atoms with Crippen molar-refractivity contribution in [1.29, 1.82) is 0 Å². The molecule has 1 unspecified atom stereocenters. The third kappa shape index (κ3) is 7.61. The second-order valence-corrected chi connectivity index (χ2v) is 11.8. The van der Waals surface area contributed by atoms with Crippen molar-refractivity contribution < 1.29 is 18.0 Å². The quantitative estimate of drug-likeness (QED) is 0.313. The second kappa shape index (κ2) is 13.6. The summed E-state index contributed by atoms with van der Waals surface area (Å²) >= 11 is 6.45. The van der Waals surface area contributed by atoms with E-state index in [0.717, 1.165) is 27.4 Å². The number of para-hydroxylation sites is 1. The Bertz CT molecular complexity index is 1390. The third-order valence-corrected chi connectivity index (χ3v) is 8.47. The van der Waals surface area contributed by atoms with E-state index in [4.69, 9.17) is 11.6 Å². The molecule has 3 rings (SSSR count). The van der Waals surface area contributed by atoms with Crippen LogP contribution in [0.5, 0.6) is 0 Å². The van der Waals surface area contributed by atoms with Crippen molar-refractivity contribution in [3.63, 3.8) is 0 Å². The van der Waals surface area contributed by atoms with Gasteiger partial charge in [-0.1, -0.05) is 85.1 Å². The van der Waals surface area contributed by atoms with Gasteiger partial charge in [-0.15, -0.1) is 0 Å². The normalized spacial score (nSPS) is 12.0. The number of hydrogen-bond donors (Lipinski definition) is 1. The number of hydrogen-bond acceptors (Lipinski definition) is 4. The monoisotopic (exact) mass is 569 g/mol. The number of carbonyl (C=O) groups excluding carboxylic acids is 2. The number of anilines is 1. The van der Waals surface area contributed by atoms with Crippen LogP contribution in [0.2, 0.25) is 5.02 Å². The van der Waals surface area contributed by atoms with Crippen LogP contribution >= 0.6 is 11.6 Å². The first kappa shape index (κ1) is 30.2. The van der Waals surface area contributed by atoms with Crippen molar-refractivity contribution in [2.75, 3.05) is 17.4 Å². The van der Waals surface area contributed by atoms with Gasteiger partial charge in [-0.3, -0.25) is 13.9 Å². The van der Waals surface area contributed by atoms with Crippen LogP contribution in [-0.2, 0) is 26.2 Å². The average molecular weight is 570 g/mol. The maximum absolute atomic E-state index is 14.0. The number of halogens is 1. The highest BCUT2D eigenvalue weighted by atomic mass is 35.5. The van der Waals surface area contributed by atoms with E-state index in [1.165, 1.54) is 17.0 Å². The van der Waals surface area contributed by atoms with Crippen LogP contribution in [0.15, 0.2) is 77.7 Å². The number of nitrogens with zero attached hydrogens (tertiary/aromatic N) is 2. The maximum atomic E-state index is 14.0. The first-order valence-corrected chi connectivity index (χ1v) is 14.9. The predicted molar refractivity (Wildman–Crippen MR) is 156 cm³/mol. The molecule has 0 fully saturated rings. The molecule has 0 radical (unpaired) electrons. The molecule has 0 aromatic heterocycles. The summed E-state index contributed by atoms with van der Waals surface area (Å²) in [7, 11) is -4.17. The van der Waals surface area contributed by atoms with E-state index in [1.807, 2.05) is 52.0 Å². The van der Waals surface area contributed by atoms with E-state index in [-0.39, 0.29) is 28.1 Å². The molecule has 0 aliphatic carbocycles. The van der Waals surface area contributed by atoms with E-state index in [9.17, 15) is 18.0 Å². The lowest BCUT2D eigenvalue weighted by atomic mass is 10.1. The summed E-state index contributed by atoms with van der Waals surface area (Å²) in [5.41, 5.74) is 2.95. The number of carbonyl (C=O) groups is 2. The molecule has 1 atom stereocenters. The fourth-order valence-electron chi connectivity index (χ4n) is 4.30. The third-order valence-electron chi connectivity index (χ3n) is 6.38. The highest BCUT2D eigenvalue weighted by Gasteiger charge is 2.34. The van der Waals surface area contributed by atoms with E-state index < -0.39 is 28.5 Å². The van der Waals surface area contributed by atoms with Crippen molar-refractivity contribution in [3.8, 4) is 0 Å². The van der Waals surface area contributed by atoms with Crippen molar-refractivity contribution in [1.82, 2.24) is 10.2 Å². The molecule has 2 amide bonds. The Morgan fingerprint density at radius 1 is 0.923 bits per heavy atom. The molecule has 0 saturated heterocycles. The van der Waals surface area contributed by atoms with Crippen LogP contribution in [0.1, 0.15) is 43.4 Å². The van der Waals surface area contributed by atoms with E-state index in [1.54, 1.807) is 36.4 Å². The molecule has 9 heteroatoms. The molecule has 1 N–H and O–H groups in total. The lowest BCUT2D eigenvalue weighted by Gasteiger charge is -2.33. The lowest BCUT2D eigenvalue weighted by molar-refractivity contribution is -0.140. The van der Waals surface area contributed by atoms with Gasteiger partial charge in [0.25, 0.3) is 10.0 Å². The highest BCUT2D eigenvalue weighted by molar-refractivity contribution is 7.92. The molecule has 0 aliphatic heterocycles. The predicted octanol–water partition coefficient (Wildman–Crippen LogP) is 5.49. The van der Waals surface area contributed by atoms with Gasteiger partial charge in [0, 0.05) is 13.1 Å². The molecule has 3 aromatic rings. The van der Waals surface area contributed by atoms with Crippen molar-refractivity contribution in [3.05, 3.63) is 94.5 Å². The minimum Gasteiger partial charge on any atom is -0.354 e. The molecule has 3 aromatic carbocycles. The Hall–Kier alpha value is -3.36. The molecule has 0 heterocycles. The zero-order valence-corrected chi connectivity index (χ0v) is 24.4. The fourth-order valence-corrected chi connectivity index (χ4v) is 6.02. The van der Waals surface area contributed by atoms with Crippen LogP contribution in [-0.4, -0.2) is 44.3 Å². The number of amides is 2. The van der Waals surface area contributed by atoms with Crippen molar-refractivity contribution in [2.24, 2.45) is 0 Å². The fraction of sp³-hybridized carbons (Fsp3) is 0.333. The zero-order chi connectivity index (χ0) is 28.6. The second-order valence-electron chi connectivity index (χ2n) is 9.50. The first-order chi connectivity index (χ1) is 18.6. The standard InChI is InChI=1S/C30H36ClN3O4S/c1-5-18-32-30(36)27(6-2)33(20-24-11-9-10-23(4)19-24)29(35)21-34(28-13-8-7-12-26(28)31)39(37,38)25-16-14-22(3)15-17-25/h7-17,19,27H,5-6,18,20-21H2,1-4H3,(H,32,36). The largest absolute Gasteiger partial charge is 0.354 e. The van der Waals surface area contributed by atoms with Gasteiger partial charge < -0.3 is 10.2 Å². The van der Waals surface area contributed by atoms with Crippen LogP contribution in [0.25, 0.3) is 0 Å². The molecular weight excluding hydrogens is 534 g/mol. The van der Waals surface area contributed by atoms with Crippen LogP contribution in [0.4, 0.5) is 5.69 Å². The summed E-state index contributed by atoms with van der Waals surface area (Å²) in [6, 6.07) is 19.8. The summed E-state index contributed by atoms with van der Waals surface area (Å²) < 4.78 is 28.8. The Kier molecular flexibility index (Phi) is 10.5. The number of nitrogens with one attached hydrogen (secondary N) is 1. The molecular formula is C30H36ClN3O4S. The smallest absolute Gasteiger partial charge is 0.264 e. The van der Waals surface area contributed by atoms with Gasteiger partial charge >= 0.3 is 0 Å². The molecule has 208 valence electrons. The summed E-state index contributed by atoms with van der Waals surface area (Å²) in [6.07, 6.45) is 1.12. The topological polar surface area (TPSA) is 86.8 Å². The number of rotatable bonds is 12. The van der Waals surface area contributed by atoms with Crippen LogP contribution in [0, 0.1) is 13.8 Å². The van der Waals surface area contributed by atoms with Gasteiger partial charge in [0.1, 0.15) is 12.6 Å². The summed E-state index contributed by atoms with van der Waals surface area (Å²) in [5, 5.41) is 3.08. The minimum atomic E-state index is -4.17. The Morgan fingerprint density at radius 2 is 1.62 bits per heavy atom. The van der Waals surface area contributed by atoms with Crippen molar-refractivity contribution in [2.45, 2.75) is 58.0 Å². The minimum absolute atomic E-state index is 0.0405. The first-order valence-electron chi connectivity index (χ1n) is 13.0. The summed E-state index contributed by atoms with van der Waals surface area (Å²) in [4.78, 5) is 28.7. The van der Waals surface area contributed by atoms with Gasteiger partial charge in [-0.05, 0) is 56.5 Å². The van der Waals surface area contributed by atoms with Gasteiger partial charge in [0.2, 0.25) is 11.8 Å². The van der Waals surface area contributed by atoms with E-state index in [0.29, 0.717) is 13.0 Å². The van der Waals surface area contributed by atoms with Crippen LogP contribution in [0.3, 0.4) is 0 Å². The average Bonchev–Trinajstić information content (AvgIpc) is 2.91. The van der Waals surface area contributed by atoms with Gasteiger partial charge in [-0.2, -0.15) is 0 Å². The Labute approximate surface area is 236 Å². The maximum Gasteiger partial charge on any atom is 0.264 e. The molecule has 39 heavy (non-hydrogen) atoms. The number of sulfonamides is 1. The van der Waals surface area contributed by atoms with Crippen LogP contribution < -0.4 is 9.62 Å². The molecule has 7 nitrogen and oxygen atoms in total. The highest BCUT2D eigenvalue weighted by Crippen LogP contribution is 2.31. The van der Waals surface area contributed by atoms with E-state index in [2.05, 4.69) is 5.32 Å².